The summed E-state index contributed by atoms with van der Waals surface area (Å²) in [4.78, 5) is 24.1. The summed E-state index contributed by atoms with van der Waals surface area (Å²) >= 11 is 0. The Morgan fingerprint density at radius 2 is 1.59 bits per heavy atom. The Bertz CT molecular complexity index is 1140. The van der Waals surface area contributed by atoms with Gasteiger partial charge >= 0.3 is 12.1 Å². The van der Waals surface area contributed by atoms with Crippen molar-refractivity contribution in [2.24, 2.45) is 0 Å². The molecule has 0 aromatic heterocycles. The highest BCUT2D eigenvalue weighted by Crippen LogP contribution is 2.44. The van der Waals surface area contributed by atoms with Gasteiger partial charge in [0.05, 0.1) is 12.7 Å². The third-order valence-corrected chi connectivity index (χ3v) is 5.79. The second kappa shape index (κ2) is 9.52. The Morgan fingerprint density at radius 1 is 0.938 bits per heavy atom. The van der Waals surface area contributed by atoms with Gasteiger partial charge in [-0.15, -0.1) is 0 Å². The number of ether oxygens (including phenoxy) is 2. The normalized spacial score (nSPS) is 12.3. The van der Waals surface area contributed by atoms with Crippen LogP contribution in [0.3, 0.4) is 0 Å². The highest BCUT2D eigenvalue weighted by molar-refractivity contribution is 5.92. The van der Waals surface area contributed by atoms with E-state index < -0.39 is 6.09 Å². The number of methoxy groups -OCH3 is 1. The minimum absolute atomic E-state index is 0.0346. The molecule has 0 aliphatic heterocycles. The lowest BCUT2D eigenvalue weighted by atomic mass is 9.98. The van der Waals surface area contributed by atoms with Crippen molar-refractivity contribution in [1.82, 2.24) is 5.32 Å². The molecule has 4 rings (SSSR count). The number of hydrogen-bond acceptors (Lipinski definition) is 4. The van der Waals surface area contributed by atoms with E-state index in [-0.39, 0.29) is 18.5 Å². The lowest BCUT2D eigenvalue weighted by Gasteiger charge is -2.14. The van der Waals surface area contributed by atoms with Gasteiger partial charge in [-0.05, 0) is 46.4 Å². The standard InChI is InChI=1S/C27H25NO4/c1-18-19(9-7-15-20(18)26(29)31-2)10-8-16-28-27(30)32-17-25-23-13-5-3-11-21(23)22-12-4-6-14-24(22)25/h3-15,25H,16-17H2,1-2H3,(H,28,30). The molecule has 5 heteroatoms. The number of benzene rings is 3. The summed E-state index contributed by atoms with van der Waals surface area (Å²) in [5.74, 6) is -0.332. The third kappa shape index (κ3) is 4.28. The summed E-state index contributed by atoms with van der Waals surface area (Å²) in [6, 6.07) is 21.9. The van der Waals surface area contributed by atoms with E-state index in [1.807, 2.05) is 49.4 Å². The SMILES string of the molecule is COC(=O)c1cccc(C=CCNC(=O)OCC2c3ccccc3-c3ccccc32)c1C. The van der Waals surface area contributed by atoms with E-state index in [1.54, 1.807) is 12.1 Å². The Hall–Kier alpha value is -3.86. The van der Waals surface area contributed by atoms with Crippen molar-refractivity contribution in [2.75, 3.05) is 20.3 Å². The largest absolute Gasteiger partial charge is 0.465 e. The molecule has 162 valence electrons. The lowest BCUT2D eigenvalue weighted by Crippen LogP contribution is -2.26. The van der Waals surface area contributed by atoms with Crippen LogP contribution in [0.2, 0.25) is 0 Å². The molecule has 1 aliphatic carbocycles. The number of fused-ring (bicyclic) bond motifs is 3. The molecule has 0 bridgehead atoms. The van der Waals surface area contributed by atoms with Gasteiger partial charge in [0, 0.05) is 12.5 Å². The van der Waals surface area contributed by atoms with Crippen LogP contribution in [0, 0.1) is 6.92 Å². The summed E-state index contributed by atoms with van der Waals surface area (Å²) in [5.41, 5.74) is 7.01. The minimum Gasteiger partial charge on any atom is -0.465 e. The maximum Gasteiger partial charge on any atom is 0.407 e. The molecule has 32 heavy (non-hydrogen) atoms. The number of rotatable bonds is 6. The zero-order valence-corrected chi connectivity index (χ0v) is 18.1. The molecule has 5 nitrogen and oxygen atoms in total. The molecule has 0 atom stereocenters. The molecule has 0 radical (unpaired) electrons. The van der Waals surface area contributed by atoms with Gasteiger partial charge < -0.3 is 14.8 Å². The van der Waals surface area contributed by atoms with Crippen LogP contribution in [0.25, 0.3) is 17.2 Å². The lowest BCUT2D eigenvalue weighted by molar-refractivity contribution is 0.0600. The number of amides is 1. The van der Waals surface area contributed by atoms with Gasteiger partial charge in [-0.25, -0.2) is 9.59 Å². The van der Waals surface area contributed by atoms with Crippen LogP contribution in [-0.4, -0.2) is 32.3 Å². The van der Waals surface area contributed by atoms with Gasteiger partial charge in [0.2, 0.25) is 0 Å². The van der Waals surface area contributed by atoms with Crippen LogP contribution in [0.1, 0.15) is 38.5 Å². The van der Waals surface area contributed by atoms with Crippen LogP contribution in [0.15, 0.2) is 72.8 Å². The van der Waals surface area contributed by atoms with Crippen LogP contribution in [-0.2, 0) is 9.47 Å². The van der Waals surface area contributed by atoms with Crippen molar-refractivity contribution in [1.29, 1.82) is 0 Å². The van der Waals surface area contributed by atoms with Crippen LogP contribution in [0.4, 0.5) is 4.79 Å². The van der Waals surface area contributed by atoms with Crippen molar-refractivity contribution in [3.05, 3.63) is 101 Å². The molecule has 3 aromatic rings. The van der Waals surface area contributed by atoms with E-state index >= 15 is 0 Å². The Labute approximate surface area is 187 Å². The summed E-state index contributed by atoms with van der Waals surface area (Å²) < 4.78 is 10.3. The van der Waals surface area contributed by atoms with Crippen molar-refractivity contribution in [3.8, 4) is 11.1 Å². The Balaban J connectivity index is 1.34. The molecule has 0 heterocycles. The monoisotopic (exact) mass is 427 g/mol. The second-order valence-electron chi connectivity index (χ2n) is 7.62. The van der Waals surface area contributed by atoms with Gasteiger partial charge in [0.15, 0.2) is 0 Å². The maximum atomic E-state index is 12.3. The van der Waals surface area contributed by atoms with Crippen LogP contribution in [0.5, 0.6) is 0 Å². The quantitative estimate of drug-likeness (QED) is 0.540. The van der Waals surface area contributed by atoms with Crippen LogP contribution < -0.4 is 5.32 Å². The zero-order chi connectivity index (χ0) is 22.5. The fourth-order valence-corrected chi connectivity index (χ4v) is 4.14. The molecule has 0 unspecified atom stereocenters. The van der Waals surface area contributed by atoms with Crippen LogP contribution >= 0.6 is 0 Å². The Kier molecular flexibility index (Phi) is 6.36. The number of alkyl carbamates (subject to hydrolysis) is 1. The molecule has 1 N–H and O–H groups in total. The van der Waals surface area contributed by atoms with E-state index in [4.69, 9.17) is 9.47 Å². The predicted molar refractivity (Wildman–Crippen MR) is 125 cm³/mol. The molecule has 0 saturated heterocycles. The first kappa shape index (κ1) is 21.4. The molecular weight excluding hydrogens is 402 g/mol. The van der Waals surface area contributed by atoms with Crippen molar-refractivity contribution < 1.29 is 19.1 Å². The molecule has 1 aliphatic rings. The number of carbonyl (C=O) groups is 2. The molecular formula is C27H25NO4. The molecule has 0 saturated carbocycles. The van der Waals surface area contributed by atoms with Crippen molar-refractivity contribution in [3.63, 3.8) is 0 Å². The third-order valence-electron chi connectivity index (χ3n) is 5.79. The summed E-state index contributed by atoms with van der Waals surface area (Å²) in [7, 11) is 1.36. The highest BCUT2D eigenvalue weighted by Gasteiger charge is 2.28. The highest BCUT2D eigenvalue weighted by atomic mass is 16.5. The summed E-state index contributed by atoms with van der Waals surface area (Å²) in [5, 5.41) is 2.75. The zero-order valence-electron chi connectivity index (χ0n) is 18.1. The number of nitrogens with one attached hydrogen (secondary N) is 1. The maximum absolute atomic E-state index is 12.3. The number of esters is 1. The molecule has 1 amide bonds. The van der Waals surface area contributed by atoms with E-state index in [9.17, 15) is 9.59 Å². The van der Waals surface area contributed by atoms with E-state index in [0.717, 1.165) is 11.1 Å². The first-order chi connectivity index (χ1) is 15.6. The van der Waals surface area contributed by atoms with Gasteiger partial charge in [-0.3, -0.25) is 0 Å². The average molecular weight is 428 g/mol. The summed E-state index contributed by atoms with van der Waals surface area (Å²) in [6.07, 6.45) is 3.23. The fourth-order valence-electron chi connectivity index (χ4n) is 4.14. The average Bonchev–Trinajstić information content (AvgIpc) is 3.14. The molecule has 0 fully saturated rings. The number of carbonyl (C=O) groups excluding carboxylic acids is 2. The predicted octanol–water partition coefficient (Wildman–Crippen LogP) is 5.33. The molecule has 0 spiro atoms. The first-order valence-corrected chi connectivity index (χ1v) is 10.5. The summed E-state index contributed by atoms with van der Waals surface area (Å²) in [6.45, 7) is 2.47. The second-order valence-corrected chi connectivity index (χ2v) is 7.62. The first-order valence-electron chi connectivity index (χ1n) is 10.5. The topological polar surface area (TPSA) is 64.6 Å². The van der Waals surface area contributed by atoms with E-state index in [0.29, 0.717) is 12.1 Å². The van der Waals surface area contributed by atoms with E-state index in [2.05, 4.69) is 29.6 Å². The van der Waals surface area contributed by atoms with Crippen molar-refractivity contribution in [2.45, 2.75) is 12.8 Å². The van der Waals surface area contributed by atoms with Crippen molar-refractivity contribution >= 4 is 18.1 Å². The minimum atomic E-state index is -0.462. The number of hydrogen-bond donors (Lipinski definition) is 1. The fraction of sp³-hybridized carbons (Fsp3) is 0.185. The van der Waals surface area contributed by atoms with Gasteiger partial charge in [0.1, 0.15) is 6.61 Å². The Morgan fingerprint density at radius 3 is 2.25 bits per heavy atom. The van der Waals surface area contributed by atoms with E-state index in [1.165, 1.54) is 29.4 Å². The van der Waals surface area contributed by atoms with Gasteiger partial charge in [-0.1, -0.05) is 72.8 Å². The van der Waals surface area contributed by atoms with Gasteiger partial charge in [-0.2, -0.15) is 0 Å². The smallest absolute Gasteiger partial charge is 0.407 e. The molecule has 3 aromatic carbocycles. The van der Waals surface area contributed by atoms with Gasteiger partial charge in [0.25, 0.3) is 0 Å².